The standard InChI is InChI=1S/C16H20BrF2N5O/c1-10-12(17)8-23(21-10)6-2-5-20-15(25)9-24-14(16(18)19)7-13(22-24)11-3-4-11/h7-8,11,16H,2-6,9H2,1H3,(H,20,25). The lowest BCUT2D eigenvalue weighted by Gasteiger charge is -2.08. The van der Waals surface area contributed by atoms with Crippen LogP contribution in [0.15, 0.2) is 16.7 Å². The van der Waals surface area contributed by atoms with Gasteiger partial charge in [0.1, 0.15) is 12.2 Å². The van der Waals surface area contributed by atoms with Crippen molar-refractivity contribution in [1.82, 2.24) is 24.9 Å². The van der Waals surface area contributed by atoms with Crippen molar-refractivity contribution in [3.8, 4) is 0 Å². The van der Waals surface area contributed by atoms with Gasteiger partial charge < -0.3 is 5.32 Å². The Labute approximate surface area is 152 Å². The van der Waals surface area contributed by atoms with Crippen LogP contribution < -0.4 is 5.32 Å². The molecule has 2 heterocycles. The van der Waals surface area contributed by atoms with E-state index in [1.54, 1.807) is 4.68 Å². The zero-order valence-corrected chi connectivity index (χ0v) is 15.5. The molecule has 0 radical (unpaired) electrons. The summed E-state index contributed by atoms with van der Waals surface area (Å²) in [5, 5.41) is 11.2. The Morgan fingerprint density at radius 2 is 2.20 bits per heavy atom. The summed E-state index contributed by atoms with van der Waals surface area (Å²) < 4.78 is 30.1. The van der Waals surface area contributed by atoms with Gasteiger partial charge in [-0.3, -0.25) is 14.2 Å². The van der Waals surface area contributed by atoms with Crippen molar-refractivity contribution in [3.05, 3.63) is 33.8 Å². The van der Waals surface area contributed by atoms with E-state index in [1.165, 1.54) is 6.07 Å². The van der Waals surface area contributed by atoms with Gasteiger partial charge in [-0.05, 0) is 48.2 Å². The number of carbonyl (C=O) groups excluding carboxylic acids is 1. The molecule has 1 aliphatic rings. The predicted molar refractivity (Wildman–Crippen MR) is 91.4 cm³/mol. The molecule has 0 aliphatic heterocycles. The smallest absolute Gasteiger partial charge is 0.280 e. The average Bonchev–Trinajstić information content (AvgIpc) is 3.24. The van der Waals surface area contributed by atoms with E-state index in [0.717, 1.165) is 27.7 Å². The highest BCUT2D eigenvalue weighted by Gasteiger charge is 2.29. The van der Waals surface area contributed by atoms with Gasteiger partial charge in [0.15, 0.2) is 0 Å². The third-order valence-electron chi connectivity index (χ3n) is 4.12. The summed E-state index contributed by atoms with van der Waals surface area (Å²) in [7, 11) is 0. The second-order valence-corrected chi connectivity index (χ2v) is 7.11. The van der Waals surface area contributed by atoms with Gasteiger partial charge in [-0.2, -0.15) is 10.2 Å². The maximum absolute atomic E-state index is 13.1. The third-order valence-corrected chi connectivity index (χ3v) is 4.89. The minimum atomic E-state index is -2.63. The predicted octanol–water partition coefficient (Wildman–Crippen LogP) is 3.17. The van der Waals surface area contributed by atoms with Crippen molar-refractivity contribution in [3.63, 3.8) is 0 Å². The zero-order valence-electron chi connectivity index (χ0n) is 13.9. The van der Waals surface area contributed by atoms with Crippen molar-refractivity contribution in [2.24, 2.45) is 0 Å². The molecule has 0 spiro atoms. The van der Waals surface area contributed by atoms with Gasteiger partial charge >= 0.3 is 0 Å². The Balaban J connectivity index is 1.47. The van der Waals surface area contributed by atoms with E-state index in [1.807, 2.05) is 13.1 Å². The normalized spacial score (nSPS) is 14.3. The molecule has 1 amide bonds. The molecule has 6 nitrogen and oxygen atoms in total. The van der Waals surface area contributed by atoms with Gasteiger partial charge in [0.05, 0.1) is 15.9 Å². The minimum absolute atomic E-state index is 0.182. The van der Waals surface area contributed by atoms with E-state index >= 15 is 0 Å². The molecule has 1 fully saturated rings. The number of amides is 1. The molecule has 1 aliphatic carbocycles. The van der Waals surface area contributed by atoms with Gasteiger partial charge in [-0.25, -0.2) is 8.78 Å². The van der Waals surface area contributed by atoms with Crippen molar-refractivity contribution in [1.29, 1.82) is 0 Å². The summed E-state index contributed by atoms with van der Waals surface area (Å²) in [4.78, 5) is 12.0. The van der Waals surface area contributed by atoms with Crippen LogP contribution in [-0.4, -0.2) is 32.0 Å². The van der Waals surface area contributed by atoms with Crippen LogP contribution in [0.5, 0.6) is 0 Å². The molecule has 0 aromatic carbocycles. The first-order valence-electron chi connectivity index (χ1n) is 8.26. The van der Waals surface area contributed by atoms with Gasteiger partial charge in [0.2, 0.25) is 5.91 Å². The fourth-order valence-electron chi connectivity index (χ4n) is 2.60. The van der Waals surface area contributed by atoms with Crippen LogP contribution in [0.1, 0.15) is 48.7 Å². The number of nitrogens with zero attached hydrogens (tertiary/aromatic N) is 4. The quantitative estimate of drug-likeness (QED) is 0.673. The number of nitrogens with one attached hydrogen (secondary N) is 1. The van der Waals surface area contributed by atoms with Crippen LogP contribution in [0.3, 0.4) is 0 Å². The van der Waals surface area contributed by atoms with Crippen molar-refractivity contribution in [2.75, 3.05) is 6.54 Å². The summed E-state index contributed by atoms with van der Waals surface area (Å²) in [5.74, 6) is -0.0381. The van der Waals surface area contributed by atoms with Gasteiger partial charge in [0.25, 0.3) is 6.43 Å². The van der Waals surface area contributed by atoms with Crippen LogP contribution in [0.4, 0.5) is 8.78 Å². The van der Waals surface area contributed by atoms with Crippen molar-refractivity contribution < 1.29 is 13.6 Å². The minimum Gasteiger partial charge on any atom is -0.354 e. The van der Waals surface area contributed by atoms with Gasteiger partial charge in [-0.15, -0.1) is 0 Å². The first kappa shape index (κ1) is 18.0. The van der Waals surface area contributed by atoms with E-state index in [4.69, 9.17) is 0 Å². The number of carbonyl (C=O) groups is 1. The Bertz CT molecular complexity index is 734. The Hall–Kier alpha value is -1.77. The Morgan fingerprint density at radius 3 is 2.80 bits per heavy atom. The van der Waals surface area contributed by atoms with E-state index in [-0.39, 0.29) is 24.1 Å². The van der Waals surface area contributed by atoms with Gasteiger partial charge in [0, 0.05) is 25.2 Å². The van der Waals surface area contributed by atoms with Crippen LogP contribution in [0.25, 0.3) is 0 Å². The number of halogens is 3. The molecule has 25 heavy (non-hydrogen) atoms. The first-order chi connectivity index (χ1) is 11.9. The molecule has 9 heteroatoms. The number of aromatic nitrogens is 4. The molecule has 1 N–H and O–H groups in total. The monoisotopic (exact) mass is 415 g/mol. The highest BCUT2D eigenvalue weighted by molar-refractivity contribution is 9.10. The lowest BCUT2D eigenvalue weighted by atomic mass is 10.3. The number of rotatable bonds is 8. The largest absolute Gasteiger partial charge is 0.354 e. The SMILES string of the molecule is Cc1nn(CCCNC(=O)Cn2nc(C3CC3)cc2C(F)F)cc1Br. The molecular formula is C16H20BrF2N5O. The molecule has 0 atom stereocenters. The van der Waals surface area contributed by atoms with Crippen LogP contribution in [0.2, 0.25) is 0 Å². The highest BCUT2D eigenvalue weighted by Crippen LogP contribution is 2.40. The van der Waals surface area contributed by atoms with Crippen LogP contribution >= 0.6 is 15.9 Å². The van der Waals surface area contributed by atoms with E-state index in [9.17, 15) is 13.6 Å². The number of aryl methyl sites for hydroxylation is 2. The molecule has 3 rings (SSSR count). The van der Waals surface area contributed by atoms with Crippen LogP contribution in [0, 0.1) is 6.92 Å². The van der Waals surface area contributed by atoms with E-state index in [2.05, 4.69) is 31.4 Å². The maximum Gasteiger partial charge on any atom is 0.280 e. The number of hydrogen-bond acceptors (Lipinski definition) is 3. The van der Waals surface area contributed by atoms with Gasteiger partial charge in [-0.1, -0.05) is 0 Å². The molecule has 136 valence electrons. The fraction of sp³-hybridized carbons (Fsp3) is 0.562. The Kier molecular flexibility index (Phi) is 5.51. The molecule has 2 aromatic heterocycles. The topological polar surface area (TPSA) is 64.7 Å². The summed E-state index contributed by atoms with van der Waals surface area (Å²) in [6.07, 6.45) is 1.92. The molecule has 1 saturated carbocycles. The summed E-state index contributed by atoms with van der Waals surface area (Å²) >= 11 is 3.40. The lowest BCUT2D eigenvalue weighted by molar-refractivity contribution is -0.121. The van der Waals surface area contributed by atoms with E-state index in [0.29, 0.717) is 25.2 Å². The second kappa shape index (κ2) is 7.63. The molecular weight excluding hydrogens is 396 g/mol. The highest BCUT2D eigenvalue weighted by atomic mass is 79.9. The molecule has 2 aromatic rings. The maximum atomic E-state index is 13.1. The summed E-state index contributed by atoms with van der Waals surface area (Å²) in [6.45, 7) is 2.85. The zero-order chi connectivity index (χ0) is 18.0. The third kappa shape index (κ3) is 4.65. The molecule has 0 bridgehead atoms. The lowest BCUT2D eigenvalue weighted by Crippen LogP contribution is -2.30. The molecule has 0 saturated heterocycles. The van der Waals surface area contributed by atoms with Crippen LogP contribution in [-0.2, 0) is 17.9 Å². The van der Waals surface area contributed by atoms with Crippen molar-refractivity contribution >= 4 is 21.8 Å². The number of hydrogen-bond donors (Lipinski definition) is 1. The first-order valence-corrected chi connectivity index (χ1v) is 9.05. The fourth-order valence-corrected chi connectivity index (χ4v) is 2.92. The average molecular weight is 416 g/mol. The summed E-state index contributed by atoms with van der Waals surface area (Å²) in [6, 6.07) is 1.42. The van der Waals surface area contributed by atoms with E-state index < -0.39 is 6.43 Å². The second-order valence-electron chi connectivity index (χ2n) is 6.26. The summed E-state index contributed by atoms with van der Waals surface area (Å²) in [5.41, 5.74) is 1.39. The number of alkyl halides is 2. The molecule has 0 unspecified atom stereocenters. The van der Waals surface area contributed by atoms with Crippen molar-refractivity contribution in [2.45, 2.75) is 51.6 Å². The Morgan fingerprint density at radius 1 is 1.44 bits per heavy atom.